The van der Waals surface area contributed by atoms with Crippen LogP contribution in [0, 0.1) is 12.8 Å². The molecule has 1 heterocycles. The number of carboxylic acids is 1. The lowest BCUT2D eigenvalue weighted by Gasteiger charge is -2.21. The molecule has 102 valence electrons. The van der Waals surface area contributed by atoms with Gasteiger partial charge in [-0.3, -0.25) is 4.79 Å². The summed E-state index contributed by atoms with van der Waals surface area (Å²) >= 11 is 9.26. The van der Waals surface area contributed by atoms with Crippen molar-refractivity contribution in [1.82, 2.24) is 0 Å². The fraction of sp³-hybridized carbons (Fsp3) is 0.385. The molecule has 1 fully saturated rings. The summed E-state index contributed by atoms with van der Waals surface area (Å²) in [5, 5.41) is 10.4. The quantitative estimate of drug-likeness (QED) is 0.856. The lowest BCUT2D eigenvalue weighted by atomic mass is 10.1. The van der Waals surface area contributed by atoms with E-state index >= 15 is 0 Å². The highest BCUT2D eigenvalue weighted by atomic mass is 79.9. The number of carboxylic acid groups (broad SMARTS) is 1. The van der Waals surface area contributed by atoms with Crippen LogP contribution in [0.2, 0.25) is 5.02 Å². The number of benzene rings is 1. The van der Waals surface area contributed by atoms with Crippen molar-refractivity contribution in [2.24, 2.45) is 5.92 Å². The zero-order valence-corrected chi connectivity index (χ0v) is 12.7. The van der Waals surface area contributed by atoms with Crippen molar-refractivity contribution in [2.45, 2.75) is 13.3 Å². The summed E-state index contributed by atoms with van der Waals surface area (Å²) in [7, 11) is 0. The van der Waals surface area contributed by atoms with Gasteiger partial charge in [0.2, 0.25) is 5.91 Å². The van der Waals surface area contributed by atoms with Crippen LogP contribution in [0.15, 0.2) is 12.1 Å². The largest absolute Gasteiger partial charge is 0.478 e. The molecule has 1 saturated heterocycles. The van der Waals surface area contributed by atoms with E-state index in [1.807, 2.05) is 0 Å². The summed E-state index contributed by atoms with van der Waals surface area (Å²) in [5.74, 6) is -0.905. The van der Waals surface area contributed by atoms with Gasteiger partial charge in [-0.25, -0.2) is 4.79 Å². The summed E-state index contributed by atoms with van der Waals surface area (Å²) in [4.78, 5) is 24.9. The van der Waals surface area contributed by atoms with Gasteiger partial charge in [0.25, 0.3) is 0 Å². The minimum atomic E-state index is -1.07. The third kappa shape index (κ3) is 2.77. The Morgan fingerprint density at radius 2 is 2.26 bits per heavy atom. The van der Waals surface area contributed by atoms with Crippen molar-refractivity contribution in [2.75, 3.05) is 16.8 Å². The fourth-order valence-electron chi connectivity index (χ4n) is 2.36. The molecular weight excluding hydrogens is 334 g/mol. The number of hydrogen-bond acceptors (Lipinski definition) is 2. The van der Waals surface area contributed by atoms with Gasteiger partial charge in [0.1, 0.15) is 0 Å². The molecule has 1 N–H and O–H groups in total. The molecule has 0 saturated carbocycles. The maximum atomic E-state index is 12.0. The van der Waals surface area contributed by atoms with E-state index in [1.54, 1.807) is 17.9 Å². The Kier molecular flexibility index (Phi) is 4.16. The standard InChI is InChI=1S/C13H13BrClNO3/c1-7-2-9(15)4-10(13(18)19)12(7)16-6-8(5-14)3-11(16)17/h2,4,8H,3,5-6H2,1H3,(H,18,19). The molecule has 1 amide bonds. The number of carbonyl (C=O) groups excluding carboxylic acids is 1. The Balaban J connectivity index is 2.50. The lowest BCUT2D eigenvalue weighted by Crippen LogP contribution is -2.27. The maximum Gasteiger partial charge on any atom is 0.337 e. The molecule has 0 aromatic heterocycles. The monoisotopic (exact) mass is 345 g/mol. The minimum absolute atomic E-state index is 0.0441. The average Bonchev–Trinajstić information content (AvgIpc) is 2.69. The Hall–Kier alpha value is -1.07. The smallest absolute Gasteiger partial charge is 0.337 e. The molecular formula is C13H13BrClNO3. The maximum absolute atomic E-state index is 12.0. The molecule has 19 heavy (non-hydrogen) atoms. The van der Waals surface area contributed by atoms with Crippen LogP contribution in [0.4, 0.5) is 5.69 Å². The number of anilines is 1. The van der Waals surface area contributed by atoms with Gasteiger partial charge in [0, 0.05) is 23.3 Å². The van der Waals surface area contributed by atoms with Gasteiger partial charge in [-0.15, -0.1) is 0 Å². The van der Waals surface area contributed by atoms with Gasteiger partial charge < -0.3 is 10.0 Å². The van der Waals surface area contributed by atoms with Crippen molar-refractivity contribution >= 4 is 45.1 Å². The van der Waals surface area contributed by atoms with Crippen molar-refractivity contribution < 1.29 is 14.7 Å². The molecule has 4 nitrogen and oxygen atoms in total. The van der Waals surface area contributed by atoms with Gasteiger partial charge in [-0.05, 0) is 30.5 Å². The molecule has 1 aliphatic rings. The van der Waals surface area contributed by atoms with E-state index in [2.05, 4.69) is 15.9 Å². The fourth-order valence-corrected chi connectivity index (χ4v) is 3.06. The van der Waals surface area contributed by atoms with Gasteiger partial charge >= 0.3 is 5.97 Å². The average molecular weight is 347 g/mol. The highest BCUT2D eigenvalue weighted by Crippen LogP contribution is 2.33. The number of carbonyl (C=O) groups is 2. The van der Waals surface area contributed by atoms with Gasteiger partial charge in [-0.2, -0.15) is 0 Å². The highest BCUT2D eigenvalue weighted by molar-refractivity contribution is 9.09. The zero-order valence-electron chi connectivity index (χ0n) is 10.3. The molecule has 0 spiro atoms. The van der Waals surface area contributed by atoms with E-state index in [0.717, 1.165) is 5.33 Å². The van der Waals surface area contributed by atoms with Crippen LogP contribution in [0.5, 0.6) is 0 Å². The second-order valence-electron chi connectivity index (χ2n) is 4.65. The molecule has 0 bridgehead atoms. The predicted molar refractivity (Wildman–Crippen MR) is 77.4 cm³/mol. The Morgan fingerprint density at radius 3 is 2.79 bits per heavy atom. The SMILES string of the molecule is Cc1cc(Cl)cc(C(=O)O)c1N1CC(CBr)CC1=O. The molecule has 1 aromatic carbocycles. The normalized spacial score (nSPS) is 19.0. The van der Waals surface area contributed by atoms with Crippen LogP contribution in [0.3, 0.4) is 0 Å². The highest BCUT2D eigenvalue weighted by Gasteiger charge is 2.33. The number of halogens is 2. The van der Waals surface area contributed by atoms with E-state index in [-0.39, 0.29) is 17.4 Å². The molecule has 0 aliphatic carbocycles. The van der Waals surface area contributed by atoms with Crippen molar-refractivity contribution in [3.05, 3.63) is 28.3 Å². The summed E-state index contributed by atoms with van der Waals surface area (Å²) in [6.45, 7) is 2.30. The first-order valence-corrected chi connectivity index (χ1v) is 7.33. The Labute approximate surface area is 124 Å². The molecule has 2 rings (SSSR count). The third-order valence-corrected chi connectivity index (χ3v) is 4.32. The van der Waals surface area contributed by atoms with E-state index in [1.165, 1.54) is 6.07 Å². The number of hydrogen-bond donors (Lipinski definition) is 1. The number of rotatable bonds is 3. The van der Waals surface area contributed by atoms with Gasteiger partial charge in [-0.1, -0.05) is 27.5 Å². The summed E-state index contributed by atoms with van der Waals surface area (Å²) in [5.41, 5.74) is 1.24. The Morgan fingerprint density at radius 1 is 1.58 bits per heavy atom. The first kappa shape index (κ1) is 14.3. The topological polar surface area (TPSA) is 57.6 Å². The van der Waals surface area contributed by atoms with Crippen LogP contribution in [0.1, 0.15) is 22.3 Å². The molecule has 6 heteroatoms. The molecule has 0 radical (unpaired) electrons. The van der Waals surface area contributed by atoms with Crippen LogP contribution >= 0.6 is 27.5 Å². The minimum Gasteiger partial charge on any atom is -0.478 e. The van der Waals surface area contributed by atoms with E-state index in [0.29, 0.717) is 29.2 Å². The Bertz CT molecular complexity index is 547. The number of amides is 1. The van der Waals surface area contributed by atoms with E-state index in [9.17, 15) is 14.7 Å². The first-order valence-electron chi connectivity index (χ1n) is 5.83. The van der Waals surface area contributed by atoms with Crippen LogP contribution in [0.25, 0.3) is 0 Å². The van der Waals surface area contributed by atoms with Crippen molar-refractivity contribution in [1.29, 1.82) is 0 Å². The number of nitrogens with zero attached hydrogens (tertiary/aromatic N) is 1. The molecule has 1 atom stereocenters. The van der Waals surface area contributed by atoms with Crippen LogP contribution in [-0.4, -0.2) is 28.9 Å². The van der Waals surface area contributed by atoms with Gasteiger partial charge in [0.15, 0.2) is 0 Å². The molecule has 1 aliphatic heterocycles. The lowest BCUT2D eigenvalue weighted by molar-refractivity contribution is -0.117. The van der Waals surface area contributed by atoms with Crippen molar-refractivity contribution in [3.63, 3.8) is 0 Å². The number of aromatic carboxylic acids is 1. The molecule has 1 aromatic rings. The van der Waals surface area contributed by atoms with Crippen molar-refractivity contribution in [3.8, 4) is 0 Å². The summed E-state index contributed by atoms with van der Waals surface area (Å²) < 4.78 is 0. The zero-order chi connectivity index (χ0) is 14.2. The van der Waals surface area contributed by atoms with E-state index < -0.39 is 5.97 Å². The summed E-state index contributed by atoms with van der Waals surface area (Å²) in [6.07, 6.45) is 0.437. The van der Waals surface area contributed by atoms with Crippen LogP contribution in [-0.2, 0) is 4.79 Å². The second kappa shape index (κ2) is 5.51. The first-order chi connectivity index (χ1) is 8.93. The van der Waals surface area contributed by atoms with E-state index in [4.69, 9.17) is 11.6 Å². The summed E-state index contributed by atoms with van der Waals surface area (Å²) in [6, 6.07) is 3.07. The third-order valence-electron chi connectivity index (χ3n) is 3.19. The van der Waals surface area contributed by atoms with Gasteiger partial charge in [0.05, 0.1) is 11.3 Å². The second-order valence-corrected chi connectivity index (χ2v) is 5.74. The molecule has 1 unspecified atom stereocenters. The van der Waals surface area contributed by atoms with Crippen LogP contribution < -0.4 is 4.90 Å². The number of alkyl halides is 1. The predicted octanol–water partition coefficient (Wildman–Crippen LogP) is 3.09. The number of aryl methyl sites for hydroxylation is 1.